The number of nitriles is 1. The number of hydrogen-bond acceptors (Lipinski definition) is 6. The smallest absolute Gasteiger partial charge is 0.246 e. The highest BCUT2D eigenvalue weighted by molar-refractivity contribution is 7.90. The zero-order chi connectivity index (χ0) is 15.3. The van der Waals surface area contributed by atoms with E-state index in [2.05, 4.69) is 10.3 Å². The molecule has 21 heavy (non-hydrogen) atoms. The van der Waals surface area contributed by atoms with Crippen molar-refractivity contribution in [3.63, 3.8) is 0 Å². The number of amides is 1. The normalized spacial score (nSPS) is 16.4. The van der Waals surface area contributed by atoms with Crippen molar-refractivity contribution in [2.45, 2.75) is 17.7 Å². The van der Waals surface area contributed by atoms with E-state index in [-0.39, 0.29) is 10.8 Å². The predicted octanol–water partition coefficient (Wildman–Crippen LogP) is 1.94. The molecule has 0 atom stereocenters. The van der Waals surface area contributed by atoms with Gasteiger partial charge in [0.25, 0.3) is 0 Å². The molecule has 0 unspecified atom stereocenters. The molecule has 0 bridgehead atoms. The molecule has 1 saturated carbocycles. The number of fused-ring (bicyclic) bond motifs is 1. The first-order valence-electron chi connectivity index (χ1n) is 6.17. The number of carbonyl (C=O) groups is 1. The van der Waals surface area contributed by atoms with Crippen molar-refractivity contribution in [3.8, 4) is 6.07 Å². The van der Waals surface area contributed by atoms with Gasteiger partial charge in [0.05, 0.1) is 21.2 Å². The Morgan fingerprint density at radius 1 is 1.48 bits per heavy atom. The standard InChI is InChI=1S/C13H11N3O3S2/c1-21(18,19)8-2-3-9-10(6-8)20-12(15-9)16-11(17)13(7-14)4-5-13/h2-3,6H,4-5H2,1H3,(H,15,16,17). The van der Waals surface area contributed by atoms with Gasteiger partial charge < -0.3 is 5.32 Å². The second-order valence-electron chi connectivity index (χ2n) is 5.07. The number of hydrogen-bond donors (Lipinski definition) is 1. The fraction of sp³-hybridized carbons (Fsp3) is 0.308. The number of rotatable bonds is 3. The Morgan fingerprint density at radius 2 is 2.19 bits per heavy atom. The Balaban J connectivity index is 1.92. The molecule has 1 fully saturated rings. The summed E-state index contributed by atoms with van der Waals surface area (Å²) < 4.78 is 23.7. The zero-order valence-electron chi connectivity index (χ0n) is 11.1. The highest BCUT2D eigenvalue weighted by Gasteiger charge is 2.50. The summed E-state index contributed by atoms with van der Waals surface area (Å²) in [5, 5.41) is 12.0. The first-order chi connectivity index (χ1) is 9.84. The van der Waals surface area contributed by atoms with Crippen LogP contribution in [0.4, 0.5) is 5.13 Å². The summed E-state index contributed by atoms with van der Waals surface area (Å²) in [6.45, 7) is 0. The molecular weight excluding hydrogens is 310 g/mol. The topological polar surface area (TPSA) is 99.9 Å². The van der Waals surface area contributed by atoms with Crippen LogP contribution in [0.25, 0.3) is 10.2 Å². The Kier molecular flexibility index (Phi) is 3.00. The number of aromatic nitrogens is 1. The summed E-state index contributed by atoms with van der Waals surface area (Å²) >= 11 is 1.19. The van der Waals surface area contributed by atoms with Crippen LogP contribution in [0.1, 0.15) is 12.8 Å². The number of benzene rings is 1. The Labute approximate surface area is 125 Å². The van der Waals surface area contributed by atoms with Gasteiger partial charge in [-0.15, -0.1) is 0 Å². The third-order valence-corrected chi connectivity index (χ3v) is 5.45. The summed E-state index contributed by atoms with van der Waals surface area (Å²) in [6, 6.07) is 6.65. The van der Waals surface area contributed by atoms with Gasteiger partial charge in [-0.3, -0.25) is 4.79 Å². The largest absolute Gasteiger partial charge is 0.301 e. The van der Waals surface area contributed by atoms with E-state index in [1.165, 1.54) is 23.5 Å². The molecule has 0 aliphatic heterocycles. The van der Waals surface area contributed by atoms with Gasteiger partial charge in [-0.1, -0.05) is 11.3 Å². The minimum absolute atomic E-state index is 0.215. The molecule has 1 heterocycles. The molecule has 3 rings (SSSR count). The first kappa shape index (κ1) is 14.0. The fourth-order valence-corrected chi connectivity index (χ4v) is 3.54. The van der Waals surface area contributed by atoms with Crippen molar-refractivity contribution in [1.82, 2.24) is 4.98 Å². The number of carbonyl (C=O) groups excluding carboxylic acids is 1. The summed E-state index contributed by atoms with van der Waals surface area (Å²) in [7, 11) is -3.28. The third-order valence-electron chi connectivity index (χ3n) is 3.41. The second-order valence-corrected chi connectivity index (χ2v) is 8.12. The molecule has 108 valence electrons. The van der Waals surface area contributed by atoms with E-state index in [1.54, 1.807) is 6.07 Å². The van der Waals surface area contributed by atoms with E-state index in [0.717, 1.165) is 6.26 Å². The second kappa shape index (κ2) is 4.51. The first-order valence-corrected chi connectivity index (χ1v) is 8.88. The number of sulfone groups is 1. The lowest BCUT2D eigenvalue weighted by Gasteiger charge is -2.03. The highest BCUT2D eigenvalue weighted by Crippen LogP contribution is 2.46. The number of thiazole rings is 1. The van der Waals surface area contributed by atoms with E-state index < -0.39 is 15.3 Å². The quantitative estimate of drug-likeness (QED) is 0.931. The van der Waals surface area contributed by atoms with Crippen molar-refractivity contribution < 1.29 is 13.2 Å². The van der Waals surface area contributed by atoms with Crippen LogP contribution in [0.3, 0.4) is 0 Å². The fourth-order valence-electron chi connectivity index (χ4n) is 1.92. The zero-order valence-corrected chi connectivity index (χ0v) is 12.7. The molecule has 6 nitrogen and oxygen atoms in total. The van der Waals surface area contributed by atoms with Crippen LogP contribution in [0.15, 0.2) is 23.1 Å². The molecule has 1 aromatic heterocycles. The molecular formula is C13H11N3O3S2. The van der Waals surface area contributed by atoms with Crippen LogP contribution in [0, 0.1) is 16.7 Å². The molecule has 1 aliphatic carbocycles. The van der Waals surface area contributed by atoms with Crippen molar-refractivity contribution in [2.24, 2.45) is 5.41 Å². The average Bonchev–Trinajstić information content (AvgIpc) is 3.12. The van der Waals surface area contributed by atoms with Gasteiger partial charge in [-0.2, -0.15) is 5.26 Å². The average molecular weight is 321 g/mol. The lowest BCUT2D eigenvalue weighted by atomic mass is 10.1. The molecule has 1 N–H and O–H groups in total. The van der Waals surface area contributed by atoms with Crippen LogP contribution in [-0.2, 0) is 14.6 Å². The van der Waals surface area contributed by atoms with Gasteiger partial charge in [0.2, 0.25) is 5.91 Å². The summed E-state index contributed by atoms with van der Waals surface area (Å²) in [4.78, 5) is 16.4. The van der Waals surface area contributed by atoms with Gasteiger partial charge in [-0.25, -0.2) is 13.4 Å². The van der Waals surface area contributed by atoms with Crippen LogP contribution in [0.5, 0.6) is 0 Å². The van der Waals surface area contributed by atoms with Gasteiger partial charge >= 0.3 is 0 Å². The molecule has 0 radical (unpaired) electrons. The van der Waals surface area contributed by atoms with Gasteiger partial charge in [0.15, 0.2) is 15.0 Å². The lowest BCUT2D eigenvalue weighted by Crippen LogP contribution is -2.22. The maximum atomic E-state index is 12.0. The van der Waals surface area contributed by atoms with Gasteiger partial charge in [0, 0.05) is 6.26 Å². The maximum Gasteiger partial charge on any atom is 0.246 e. The van der Waals surface area contributed by atoms with E-state index >= 15 is 0 Å². The summed E-state index contributed by atoms with van der Waals surface area (Å²) in [5.74, 6) is -0.340. The molecule has 1 amide bonds. The SMILES string of the molecule is CS(=O)(=O)c1ccc2nc(NC(=O)C3(C#N)CC3)sc2c1. The number of anilines is 1. The molecule has 0 spiro atoms. The van der Waals surface area contributed by atoms with E-state index in [4.69, 9.17) is 5.26 Å². The van der Waals surface area contributed by atoms with E-state index in [9.17, 15) is 13.2 Å². The van der Waals surface area contributed by atoms with Gasteiger partial charge in [0.1, 0.15) is 5.41 Å². The van der Waals surface area contributed by atoms with Gasteiger partial charge in [-0.05, 0) is 31.0 Å². The van der Waals surface area contributed by atoms with Crippen LogP contribution >= 0.6 is 11.3 Å². The van der Waals surface area contributed by atoms with Crippen LogP contribution in [-0.4, -0.2) is 25.6 Å². The summed E-state index contributed by atoms with van der Waals surface area (Å²) in [6.07, 6.45) is 2.28. The minimum atomic E-state index is -3.28. The van der Waals surface area contributed by atoms with E-state index in [0.29, 0.717) is 28.2 Å². The van der Waals surface area contributed by atoms with Crippen molar-refractivity contribution >= 4 is 42.4 Å². The summed E-state index contributed by atoms with van der Waals surface area (Å²) in [5.41, 5.74) is -0.292. The molecule has 1 aromatic carbocycles. The van der Waals surface area contributed by atoms with Crippen molar-refractivity contribution in [2.75, 3.05) is 11.6 Å². The maximum absolute atomic E-state index is 12.0. The Bertz CT molecular complexity index is 889. The Morgan fingerprint density at radius 3 is 2.76 bits per heavy atom. The minimum Gasteiger partial charge on any atom is -0.301 e. The number of nitrogens with one attached hydrogen (secondary N) is 1. The third kappa shape index (κ3) is 2.50. The Hall–Kier alpha value is -1.98. The van der Waals surface area contributed by atoms with Crippen LogP contribution < -0.4 is 5.32 Å². The lowest BCUT2D eigenvalue weighted by molar-refractivity contribution is -0.119. The molecule has 8 heteroatoms. The van der Waals surface area contributed by atoms with Crippen LogP contribution in [0.2, 0.25) is 0 Å². The highest BCUT2D eigenvalue weighted by atomic mass is 32.2. The monoisotopic (exact) mass is 321 g/mol. The van der Waals surface area contributed by atoms with Crippen molar-refractivity contribution in [1.29, 1.82) is 5.26 Å². The predicted molar refractivity (Wildman–Crippen MR) is 78.6 cm³/mol. The molecule has 1 aliphatic rings. The van der Waals surface area contributed by atoms with Crippen molar-refractivity contribution in [3.05, 3.63) is 18.2 Å². The van der Waals surface area contributed by atoms with E-state index in [1.807, 2.05) is 6.07 Å². The number of nitrogens with zero attached hydrogens (tertiary/aromatic N) is 2. The molecule has 2 aromatic rings. The molecule has 0 saturated heterocycles.